The Bertz CT molecular complexity index is 749. The average Bonchev–Trinajstić information content (AvgIpc) is 3.28. The van der Waals surface area contributed by atoms with Crippen molar-refractivity contribution < 1.29 is 9.84 Å². The van der Waals surface area contributed by atoms with E-state index < -0.39 is 0 Å². The summed E-state index contributed by atoms with van der Waals surface area (Å²) in [5.41, 5.74) is 4.18. The van der Waals surface area contributed by atoms with E-state index in [1.165, 1.54) is 55.6 Å². The summed E-state index contributed by atoms with van der Waals surface area (Å²) in [6.07, 6.45) is 16.2. The van der Waals surface area contributed by atoms with Gasteiger partial charge in [0.25, 0.3) is 0 Å². The molecule has 0 unspecified atom stereocenters. The van der Waals surface area contributed by atoms with Crippen LogP contribution in [0.5, 0.6) is 0 Å². The zero-order valence-electron chi connectivity index (χ0n) is 19.3. The van der Waals surface area contributed by atoms with Gasteiger partial charge in [0, 0.05) is 19.1 Å². The van der Waals surface area contributed by atoms with Crippen LogP contribution in [-0.2, 0) is 11.2 Å². The van der Waals surface area contributed by atoms with E-state index in [0.29, 0.717) is 17.8 Å². The molecule has 2 fully saturated rings. The molecule has 1 saturated heterocycles. The molecule has 1 saturated carbocycles. The number of allylic oxidation sites excluding steroid dienone is 2. The van der Waals surface area contributed by atoms with Gasteiger partial charge in [-0.1, -0.05) is 54.5 Å². The van der Waals surface area contributed by atoms with E-state index in [9.17, 15) is 5.11 Å². The van der Waals surface area contributed by atoms with Gasteiger partial charge in [-0.05, 0) is 87.9 Å². The summed E-state index contributed by atoms with van der Waals surface area (Å²) in [5, 5.41) is 10.6. The van der Waals surface area contributed by atoms with Crippen LogP contribution >= 0.6 is 0 Å². The highest BCUT2D eigenvalue weighted by molar-refractivity contribution is 5.23. The number of hydrogen-bond donors (Lipinski definition) is 1. The number of benzene rings is 1. The van der Waals surface area contributed by atoms with E-state index in [1.807, 2.05) is 0 Å². The summed E-state index contributed by atoms with van der Waals surface area (Å²) >= 11 is 0. The first-order valence-corrected chi connectivity index (χ1v) is 12.6. The Balaban J connectivity index is 1.16. The van der Waals surface area contributed by atoms with Crippen LogP contribution in [0.2, 0.25) is 0 Å². The van der Waals surface area contributed by atoms with E-state index >= 15 is 0 Å². The van der Waals surface area contributed by atoms with Crippen molar-refractivity contribution in [2.75, 3.05) is 32.8 Å². The summed E-state index contributed by atoms with van der Waals surface area (Å²) in [5.74, 6) is 1.40. The molecular weight excluding hydrogens is 382 g/mol. The molecule has 1 aliphatic heterocycles. The van der Waals surface area contributed by atoms with Crippen LogP contribution < -0.4 is 0 Å². The van der Waals surface area contributed by atoms with Crippen molar-refractivity contribution in [2.24, 2.45) is 17.8 Å². The van der Waals surface area contributed by atoms with Gasteiger partial charge >= 0.3 is 0 Å². The van der Waals surface area contributed by atoms with Crippen LogP contribution in [0.4, 0.5) is 0 Å². The highest BCUT2D eigenvalue weighted by Crippen LogP contribution is 2.47. The van der Waals surface area contributed by atoms with Crippen LogP contribution in [0, 0.1) is 24.7 Å². The molecule has 3 nitrogen and oxygen atoms in total. The lowest BCUT2D eigenvalue weighted by atomic mass is 9.89. The average molecular weight is 424 g/mol. The number of nitrogens with zero attached hydrogens (tertiary/aromatic N) is 1. The number of aliphatic hydroxyl groups is 1. The molecule has 0 aromatic heterocycles. The minimum atomic E-state index is -0.187. The van der Waals surface area contributed by atoms with E-state index in [4.69, 9.17) is 4.74 Å². The third-order valence-electron chi connectivity index (χ3n) is 7.49. The Kier molecular flexibility index (Phi) is 8.40. The van der Waals surface area contributed by atoms with Gasteiger partial charge in [0.1, 0.15) is 0 Å². The fourth-order valence-electron chi connectivity index (χ4n) is 5.86. The predicted molar refractivity (Wildman–Crippen MR) is 128 cm³/mol. The topological polar surface area (TPSA) is 32.7 Å². The summed E-state index contributed by atoms with van der Waals surface area (Å²) in [6.45, 7) is 7.54. The number of aryl methyl sites for hydroxylation is 2. The smallest absolute Gasteiger partial charge is 0.0676 e. The molecule has 1 N–H and O–H groups in total. The van der Waals surface area contributed by atoms with E-state index in [1.54, 1.807) is 0 Å². The fourth-order valence-corrected chi connectivity index (χ4v) is 5.86. The maximum atomic E-state index is 10.6. The van der Waals surface area contributed by atoms with Gasteiger partial charge < -0.3 is 14.7 Å². The van der Waals surface area contributed by atoms with Crippen LogP contribution in [0.1, 0.15) is 56.1 Å². The number of hydrogen-bond acceptors (Lipinski definition) is 3. The number of fused-ring (bicyclic) bond motifs is 1. The zero-order chi connectivity index (χ0) is 21.5. The monoisotopic (exact) mass is 423 g/mol. The number of piperidine rings is 1. The Morgan fingerprint density at radius 2 is 2.06 bits per heavy atom. The van der Waals surface area contributed by atoms with Gasteiger partial charge in [0.15, 0.2) is 0 Å². The fraction of sp³-hybridized carbons (Fsp3) is 0.643. The molecule has 170 valence electrons. The van der Waals surface area contributed by atoms with Crippen molar-refractivity contribution in [2.45, 2.75) is 64.4 Å². The van der Waals surface area contributed by atoms with Crippen LogP contribution in [-0.4, -0.2) is 49.0 Å². The lowest BCUT2D eigenvalue weighted by molar-refractivity contribution is 0.127. The molecule has 4 atom stereocenters. The highest BCUT2D eigenvalue weighted by atomic mass is 16.5. The van der Waals surface area contributed by atoms with Crippen molar-refractivity contribution >= 4 is 0 Å². The second kappa shape index (κ2) is 11.4. The lowest BCUT2D eigenvalue weighted by Gasteiger charge is -2.26. The van der Waals surface area contributed by atoms with Crippen molar-refractivity contribution in [1.29, 1.82) is 0 Å². The number of aliphatic hydroxyl groups excluding tert-OH is 1. The number of ether oxygens (including phenoxy) is 1. The Hall–Kier alpha value is -1.42. The summed E-state index contributed by atoms with van der Waals surface area (Å²) < 4.78 is 6.02. The third-order valence-corrected chi connectivity index (χ3v) is 7.49. The molecule has 0 bridgehead atoms. The Morgan fingerprint density at radius 1 is 1.19 bits per heavy atom. The summed E-state index contributed by atoms with van der Waals surface area (Å²) in [7, 11) is 0. The first-order chi connectivity index (χ1) is 15.2. The second-order valence-electron chi connectivity index (χ2n) is 10.0. The maximum absolute atomic E-state index is 10.6. The van der Waals surface area contributed by atoms with Gasteiger partial charge in [-0.3, -0.25) is 0 Å². The van der Waals surface area contributed by atoms with Gasteiger partial charge in [-0.25, -0.2) is 0 Å². The standard InChI is InChI=1S/C28H41NO2/c1-22-9-7-11-23(17-22)10-3-4-12-26-27-19-24(18-25(27)20-28(26)30)21-31-16-8-15-29-13-5-2-6-14-29/h4,7,9,11-12,17-18,25-28,30H,2-3,5-6,8,10,13-16,19-21H2,1H3/b12-4+/t25-,26+,27-,28+/m0/s1. The first kappa shape index (κ1) is 22.8. The molecule has 0 amide bonds. The predicted octanol–water partition coefficient (Wildman–Crippen LogP) is 5.32. The van der Waals surface area contributed by atoms with Crippen LogP contribution in [0.25, 0.3) is 0 Å². The van der Waals surface area contributed by atoms with Gasteiger partial charge in [-0.15, -0.1) is 0 Å². The second-order valence-corrected chi connectivity index (χ2v) is 10.0. The molecule has 4 rings (SSSR count). The van der Waals surface area contributed by atoms with E-state index in [-0.39, 0.29) is 6.10 Å². The summed E-state index contributed by atoms with van der Waals surface area (Å²) in [4.78, 5) is 2.59. The van der Waals surface area contributed by atoms with Crippen molar-refractivity contribution in [3.63, 3.8) is 0 Å². The maximum Gasteiger partial charge on any atom is 0.0676 e. The molecule has 31 heavy (non-hydrogen) atoms. The largest absolute Gasteiger partial charge is 0.392 e. The van der Waals surface area contributed by atoms with Crippen molar-refractivity contribution in [3.8, 4) is 0 Å². The highest BCUT2D eigenvalue weighted by Gasteiger charge is 2.43. The van der Waals surface area contributed by atoms with Gasteiger partial charge in [0.05, 0.1) is 12.7 Å². The third kappa shape index (κ3) is 6.54. The zero-order valence-corrected chi connectivity index (χ0v) is 19.3. The Labute approximate surface area is 189 Å². The quantitative estimate of drug-likeness (QED) is 0.408. The molecule has 3 heteroatoms. The molecule has 2 aliphatic carbocycles. The number of rotatable bonds is 10. The normalized spacial score (nSPS) is 28.9. The molecular formula is C28H41NO2. The molecule has 1 heterocycles. The van der Waals surface area contributed by atoms with Crippen molar-refractivity contribution in [1.82, 2.24) is 4.90 Å². The molecule has 0 spiro atoms. The van der Waals surface area contributed by atoms with Crippen LogP contribution in [0.3, 0.4) is 0 Å². The van der Waals surface area contributed by atoms with Crippen molar-refractivity contribution in [3.05, 3.63) is 59.2 Å². The van der Waals surface area contributed by atoms with Gasteiger partial charge in [-0.2, -0.15) is 0 Å². The summed E-state index contributed by atoms with van der Waals surface area (Å²) in [6, 6.07) is 8.77. The minimum absolute atomic E-state index is 0.187. The van der Waals surface area contributed by atoms with Gasteiger partial charge in [0.2, 0.25) is 0 Å². The SMILES string of the molecule is Cc1cccc(CC/C=C/[C@@H]2[C@H]3CC(COCCCN4CCCCC4)=C[C@H]3C[C@H]2O)c1. The Morgan fingerprint density at radius 3 is 2.90 bits per heavy atom. The van der Waals surface area contributed by atoms with E-state index in [2.05, 4.69) is 54.3 Å². The molecule has 1 aromatic carbocycles. The first-order valence-electron chi connectivity index (χ1n) is 12.6. The van der Waals surface area contributed by atoms with Crippen LogP contribution in [0.15, 0.2) is 48.1 Å². The number of likely N-dealkylation sites (tertiary alicyclic amines) is 1. The molecule has 1 aromatic rings. The van der Waals surface area contributed by atoms with E-state index in [0.717, 1.165) is 45.3 Å². The lowest BCUT2D eigenvalue weighted by Crippen LogP contribution is -2.31. The molecule has 3 aliphatic rings. The minimum Gasteiger partial charge on any atom is -0.392 e. The molecule has 0 radical (unpaired) electrons.